The number of fused-ring (bicyclic) bond motifs is 1. The standard InChI is InChI=1S/C14H16N2/c1-4-6-11-12-8-7-10(3)9-14(12)16(15)13(11)5-2/h4-9H,2,15H2,1,3H3/b6-4-. The monoisotopic (exact) mass is 212 g/mol. The van der Waals surface area contributed by atoms with Crippen molar-refractivity contribution in [3.8, 4) is 0 Å². The smallest absolute Gasteiger partial charge is 0.0706 e. The van der Waals surface area contributed by atoms with Gasteiger partial charge >= 0.3 is 0 Å². The molecule has 2 rings (SSSR count). The molecule has 0 fully saturated rings. The van der Waals surface area contributed by atoms with Gasteiger partial charge < -0.3 is 5.84 Å². The number of nitrogen functional groups attached to an aromatic ring is 1. The molecule has 2 N–H and O–H groups in total. The third-order valence-electron chi connectivity index (χ3n) is 2.77. The molecule has 82 valence electrons. The minimum absolute atomic E-state index is 0.957. The quantitative estimate of drug-likeness (QED) is 0.760. The molecular formula is C14H16N2. The van der Waals surface area contributed by atoms with Gasteiger partial charge in [-0.2, -0.15) is 0 Å². The molecule has 0 spiro atoms. The van der Waals surface area contributed by atoms with E-state index < -0.39 is 0 Å². The van der Waals surface area contributed by atoms with Crippen LogP contribution in [0.25, 0.3) is 23.1 Å². The molecule has 0 aliphatic carbocycles. The predicted molar refractivity (Wildman–Crippen MR) is 71.6 cm³/mol. The first-order valence-corrected chi connectivity index (χ1v) is 5.34. The van der Waals surface area contributed by atoms with E-state index in [0.717, 1.165) is 16.8 Å². The first-order valence-electron chi connectivity index (χ1n) is 5.34. The molecule has 1 heterocycles. The zero-order valence-corrected chi connectivity index (χ0v) is 9.70. The van der Waals surface area contributed by atoms with Crippen LogP contribution in [0.1, 0.15) is 23.7 Å². The van der Waals surface area contributed by atoms with Gasteiger partial charge in [0, 0.05) is 10.9 Å². The Labute approximate surface area is 95.7 Å². The van der Waals surface area contributed by atoms with Crippen molar-refractivity contribution in [1.29, 1.82) is 0 Å². The van der Waals surface area contributed by atoms with Crippen molar-refractivity contribution in [2.24, 2.45) is 0 Å². The summed E-state index contributed by atoms with van der Waals surface area (Å²) >= 11 is 0. The number of allylic oxidation sites excluding steroid dienone is 1. The molecule has 0 aliphatic heterocycles. The average Bonchev–Trinajstić information content (AvgIpc) is 2.53. The molecule has 0 bridgehead atoms. The number of aromatic nitrogens is 1. The van der Waals surface area contributed by atoms with E-state index in [-0.39, 0.29) is 0 Å². The topological polar surface area (TPSA) is 30.9 Å². The van der Waals surface area contributed by atoms with E-state index >= 15 is 0 Å². The molecule has 0 saturated carbocycles. The summed E-state index contributed by atoms with van der Waals surface area (Å²) in [5.41, 5.74) is 4.34. The third kappa shape index (κ3) is 1.43. The van der Waals surface area contributed by atoms with Crippen LogP contribution in [0.2, 0.25) is 0 Å². The van der Waals surface area contributed by atoms with Crippen molar-refractivity contribution in [3.63, 3.8) is 0 Å². The van der Waals surface area contributed by atoms with Gasteiger partial charge in [-0.1, -0.05) is 30.9 Å². The van der Waals surface area contributed by atoms with Gasteiger partial charge in [0.1, 0.15) is 0 Å². The van der Waals surface area contributed by atoms with Crippen LogP contribution in [-0.2, 0) is 0 Å². The summed E-state index contributed by atoms with van der Waals surface area (Å²) in [5, 5.41) is 1.17. The number of aryl methyl sites for hydroxylation is 1. The van der Waals surface area contributed by atoms with Crippen LogP contribution in [0.5, 0.6) is 0 Å². The summed E-state index contributed by atoms with van der Waals surface area (Å²) in [5.74, 6) is 6.06. The zero-order chi connectivity index (χ0) is 11.7. The van der Waals surface area contributed by atoms with Crippen LogP contribution in [0.3, 0.4) is 0 Å². The molecule has 0 saturated heterocycles. The highest BCUT2D eigenvalue weighted by atomic mass is 15.3. The predicted octanol–water partition coefficient (Wildman–Crippen LogP) is 3.34. The Balaban J connectivity index is 2.91. The van der Waals surface area contributed by atoms with Gasteiger partial charge in [0.2, 0.25) is 0 Å². The largest absolute Gasteiger partial charge is 0.339 e. The summed E-state index contributed by atoms with van der Waals surface area (Å²) in [6.45, 7) is 7.88. The molecule has 2 heteroatoms. The molecule has 2 aromatic rings. The molecule has 1 aromatic carbocycles. The highest BCUT2D eigenvalue weighted by molar-refractivity contribution is 5.94. The van der Waals surface area contributed by atoms with Crippen molar-refractivity contribution < 1.29 is 0 Å². The number of hydrogen-bond acceptors (Lipinski definition) is 1. The van der Waals surface area contributed by atoms with E-state index in [4.69, 9.17) is 5.84 Å². The van der Waals surface area contributed by atoms with Gasteiger partial charge in [-0.05, 0) is 31.6 Å². The highest BCUT2D eigenvalue weighted by Gasteiger charge is 2.10. The Morgan fingerprint density at radius 2 is 2.12 bits per heavy atom. The van der Waals surface area contributed by atoms with Crippen molar-refractivity contribution in [2.45, 2.75) is 13.8 Å². The van der Waals surface area contributed by atoms with E-state index in [1.807, 2.05) is 13.0 Å². The number of nitrogens with two attached hydrogens (primary N) is 1. The van der Waals surface area contributed by atoms with E-state index in [0.29, 0.717) is 0 Å². The van der Waals surface area contributed by atoms with Gasteiger partial charge in [-0.15, -0.1) is 0 Å². The lowest BCUT2D eigenvalue weighted by Crippen LogP contribution is -2.09. The van der Waals surface area contributed by atoms with E-state index in [2.05, 4.69) is 37.8 Å². The Bertz CT molecular complexity index is 574. The fourth-order valence-electron chi connectivity index (χ4n) is 2.02. The Kier molecular flexibility index (Phi) is 2.57. The van der Waals surface area contributed by atoms with Crippen LogP contribution in [-0.4, -0.2) is 4.68 Å². The molecule has 0 amide bonds. The molecule has 2 nitrogen and oxygen atoms in total. The van der Waals surface area contributed by atoms with E-state index in [9.17, 15) is 0 Å². The van der Waals surface area contributed by atoms with Crippen LogP contribution >= 0.6 is 0 Å². The lowest BCUT2D eigenvalue weighted by molar-refractivity contribution is 1.05. The zero-order valence-electron chi connectivity index (χ0n) is 9.70. The van der Waals surface area contributed by atoms with Gasteiger partial charge in [-0.3, -0.25) is 4.68 Å². The summed E-state index contributed by atoms with van der Waals surface area (Å²) in [6, 6.07) is 6.30. The minimum atomic E-state index is 0.957. The molecule has 1 aromatic heterocycles. The summed E-state index contributed by atoms with van der Waals surface area (Å²) in [4.78, 5) is 0. The SMILES string of the molecule is C=Cc1c(/C=C\C)c2ccc(C)cc2n1N. The van der Waals surface area contributed by atoms with Crippen LogP contribution < -0.4 is 5.84 Å². The third-order valence-corrected chi connectivity index (χ3v) is 2.77. The lowest BCUT2D eigenvalue weighted by Gasteiger charge is -1.99. The first-order chi connectivity index (χ1) is 7.69. The highest BCUT2D eigenvalue weighted by Crippen LogP contribution is 2.27. The number of hydrogen-bond donors (Lipinski definition) is 1. The molecule has 0 aliphatic rings. The molecule has 0 unspecified atom stereocenters. The fraction of sp³-hybridized carbons (Fsp3) is 0.143. The second-order valence-electron chi connectivity index (χ2n) is 3.89. The maximum Gasteiger partial charge on any atom is 0.0706 e. The average molecular weight is 212 g/mol. The molecule has 0 atom stereocenters. The van der Waals surface area contributed by atoms with Gasteiger partial charge in [0.15, 0.2) is 0 Å². The molecule has 0 radical (unpaired) electrons. The van der Waals surface area contributed by atoms with Gasteiger partial charge in [-0.25, -0.2) is 0 Å². The Morgan fingerprint density at radius 3 is 2.75 bits per heavy atom. The van der Waals surface area contributed by atoms with E-state index in [1.165, 1.54) is 10.9 Å². The molecular weight excluding hydrogens is 196 g/mol. The normalized spacial score (nSPS) is 11.4. The summed E-state index contributed by atoms with van der Waals surface area (Å²) < 4.78 is 1.70. The van der Waals surface area contributed by atoms with Crippen LogP contribution in [0.4, 0.5) is 0 Å². The number of nitrogens with zero attached hydrogens (tertiary/aromatic N) is 1. The van der Waals surface area contributed by atoms with Crippen molar-refractivity contribution in [3.05, 3.63) is 47.7 Å². The Morgan fingerprint density at radius 1 is 1.38 bits per heavy atom. The maximum atomic E-state index is 6.06. The lowest BCUT2D eigenvalue weighted by atomic mass is 10.1. The fourth-order valence-corrected chi connectivity index (χ4v) is 2.02. The minimum Gasteiger partial charge on any atom is -0.339 e. The van der Waals surface area contributed by atoms with E-state index in [1.54, 1.807) is 10.8 Å². The van der Waals surface area contributed by atoms with Gasteiger partial charge in [0.05, 0.1) is 11.2 Å². The number of rotatable bonds is 2. The van der Waals surface area contributed by atoms with Crippen molar-refractivity contribution >= 4 is 23.1 Å². The van der Waals surface area contributed by atoms with Crippen LogP contribution in [0, 0.1) is 6.92 Å². The summed E-state index contributed by atoms with van der Waals surface area (Å²) in [6.07, 6.45) is 5.88. The second-order valence-corrected chi connectivity index (χ2v) is 3.89. The van der Waals surface area contributed by atoms with Crippen molar-refractivity contribution in [2.75, 3.05) is 5.84 Å². The Hall–Kier alpha value is -1.96. The second kappa shape index (κ2) is 3.89. The first kappa shape index (κ1) is 10.6. The maximum absolute atomic E-state index is 6.06. The molecule has 16 heavy (non-hydrogen) atoms. The van der Waals surface area contributed by atoms with Crippen LogP contribution in [0.15, 0.2) is 30.9 Å². The summed E-state index contributed by atoms with van der Waals surface area (Å²) in [7, 11) is 0. The van der Waals surface area contributed by atoms with Crippen molar-refractivity contribution in [1.82, 2.24) is 4.68 Å². The number of benzene rings is 1. The van der Waals surface area contributed by atoms with Gasteiger partial charge in [0.25, 0.3) is 0 Å².